The molecule has 1 heterocycles. The quantitative estimate of drug-likeness (QED) is 0.571. The summed E-state index contributed by atoms with van der Waals surface area (Å²) in [4.78, 5) is 26.6. The zero-order valence-corrected chi connectivity index (χ0v) is 16.1. The number of amides is 2. The first-order valence-corrected chi connectivity index (χ1v) is 10.0. The van der Waals surface area contributed by atoms with Crippen molar-refractivity contribution < 1.29 is 14.3 Å². The van der Waals surface area contributed by atoms with Crippen molar-refractivity contribution in [3.63, 3.8) is 0 Å². The van der Waals surface area contributed by atoms with Crippen LogP contribution in [0.4, 0.5) is 4.79 Å². The summed E-state index contributed by atoms with van der Waals surface area (Å²) < 4.78 is 5.00. The molecule has 138 valence electrons. The molecule has 0 aromatic heterocycles. The van der Waals surface area contributed by atoms with Gasteiger partial charge in [-0.2, -0.15) is 0 Å². The molecule has 1 aliphatic heterocycles. The zero-order valence-electron chi connectivity index (χ0n) is 14.5. The SMILES string of the molecule is CCOC(=O)N1CCC(NC(=O)CCCSc2ccc(Cl)cc2)CC1. The van der Waals surface area contributed by atoms with E-state index in [0.717, 1.165) is 34.9 Å². The number of piperidine rings is 1. The van der Waals surface area contributed by atoms with Crippen LogP contribution < -0.4 is 5.32 Å². The maximum Gasteiger partial charge on any atom is 0.409 e. The van der Waals surface area contributed by atoms with Crippen molar-refractivity contribution in [3.8, 4) is 0 Å². The Bertz CT molecular complexity index is 560. The maximum absolute atomic E-state index is 12.0. The highest BCUT2D eigenvalue weighted by atomic mass is 35.5. The Morgan fingerprint density at radius 2 is 1.96 bits per heavy atom. The van der Waals surface area contributed by atoms with E-state index in [9.17, 15) is 9.59 Å². The monoisotopic (exact) mass is 384 g/mol. The molecule has 2 rings (SSSR count). The average molecular weight is 385 g/mol. The van der Waals surface area contributed by atoms with Crippen LogP contribution >= 0.6 is 23.4 Å². The van der Waals surface area contributed by atoms with Crippen LogP contribution in [0.15, 0.2) is 29.2 Å². The van der Waals surface area contributed by atoms with Gasteiger partial charge in [0.2, 0.25) is 5.91 Å². The van der Waals surface area contributed by atoms with Gasteiger partial charge in [-0.3, -0.25) is 4.79 Å². The molecule has 25 heavy (non-hydrogen) atoms. The second-order valence-electron chi connectivity index (χ2n) is 5.93. The van der Waals surface area contributed by atoms with E-state index in [1.807, 2.05) is 24.3 Å². The number of likely N-dealkylation sites (tertiary alicyclic amines) is 1. The standard InChI is InChI=1S/C18H25ClN2O3S/c1-2-24-18(23)21-11-9-15(10-12-21)20-17(22)4-3-13-25-16-7-5-14(19)6-8-16/h5-8,15H,2-4,9-13H2,1H3,(H,20,22). The molecule has 0 aliphatic carbocycles. The van der Waals surface area contributed by atoms with Gasteiger partial charge in [0.25, 0.3) is 0 Å². The molecule has 1 aromatic carbocycles. The minimum Gasteiger partial charge on any atom is -0.450 e. The number of hydrogen-bond acceptors (Lipinski definition) is 4. The number of thioether (sulfide) groups is 1. The second-order valence-corrected chi connectivity index (χ2v) is 7.54. The number of benzene rings is 1. The molecule has 5 nitrogen and oxygen atoms in total. The summed E-state index contributed by atoms with van der Waals surface area (Å²) in [6.45, 7) is 3.46. The summed E-state index contributed by atoms with van der Waals surface area (Å²) in [5, 5.41) is 3.81. The normalized spacial score (nSPS) is 15.0. The Labute approximate surface area is 158 Å². The molecular formula is C18H25ClN2O3S. The number of rotatable bonds is 7. The lowest BCUT2D eigenvalue weighted by molar-refractivity contribution is -0.122. The van der Waals surface area contributed by atoms with E-state index in [1.54, 1.807) is 23.6 Å². The van der Waals surface area contributed by atoms with E-state index < -0.39 is 0 Å². The second kappa shape index (κ2) is 10.6. The summed E-state index contributed by atoms with van der Waals surface area (Å²) in [6, 6.07) is 7.88. The predicted molar refractivity (Wildman–Crippen MR) is 101 cm³/mol. The summed E-state index contributed by atoms with van der Waals surface area (Å²) >= 11 is 7.59. The smallest absolute Gasteiger partial charge is 0.409 e. The molecule has 2 amide bonds. The van der Waals surface area contributed by atoms with Crippen LogP contribution in [0.5, 0.6) is 0 Å². The molecule has 1 fully saturated rings. The zero-order chi connectivity index (χ0) is 18.1. The lowest BCUT2D eigenvalue weighted by Gasteiger charge is -2.31. The number of carbonyl (C=O) groups is 2. The van der Waals surface area contributed by atoms with Crippen molar-refractivity contribution >= 4 is 35.4 Å². The molecule has 0 spiro atoms. The van der Waals surface area contributed by atoms with Gasteiger partial charge in [-0.05, 0) is 56.2 Å². The number of ether oxygens (including phenoxy) is 1. The fourth-order valence-electron chi connectivity index (χ4n) is 2.67. The van der Waals surface area contributed by atoms with E-state index in [2.05, 4.69) is 5.32 Å². The van der Waals surface area contributed by atoms with Crippen molar-refractivity contribution in [1.29, 1.82) is 0 Å². The minimum atomic E-state index is -0.258. The van der Waals surface area contributed by atoms with Gasteiger partial charge in [0.15, 0.2) is 0 Å². The first-order valence-electron chi connectivity index (χ1n) is 8.68. The van der Waals surface area contributed by atoms with Gasteiger partial charge in [0.05, 0.1) is 6.61 Å². The third kappa shape index (κ3) is 7.16. The summed E-state index contributed by atoms with van der Waals surface area (Å²) in [7, 11) is 0. The van der Waals surface area contributed by atoms with Crippen LogP contribution in [0, 0.1) is 0 Å². The Morgan fingerprint density at radius 3 is 2.60 bits per heavy atom. The summed E-state index contributed by atoms with van der Waals surface area (Å²) in [5.41, 5.74) is 0. The third-order valence-electron chi connectivity index (χ3n) is 4.02. The van der Waals surface area contributed by atoms with Gasteiger partial charge in [0.1, 0.15) is 0 Å². The molecular weight excluding hydrogens is 360 g/mol. The topological polar surface area (TPSA) is 58.6 Å². The van der Waals surface area contributed by atoms with E-state index in [1.165, 1.54) is 0 Å². The molecule has 1 aliphatic rings. The Balaban J connectivity index is 1.58. The third-order valence-corrected chi connectivity index (χ3v) is 5.37. The van der Waals surface area contributed by atoms with E-state index in [0.29, 0.717) is 26.1 Å². The average Bonchev–Trinajstić information content (AvgIpc) is 2.61. The largest absolute Gasteiger partial charge is 0.450 e. The van der Waals surface area contributed by atoms with Crippen molar-refractivity contribution in [1.82, 2.24) is 10.2 Å². The van der Waals surface area contributed by atoms with E-state index >= 15 is 0 Å². The van der Waals surface area contributed by atoms with Gasteiger partial charge in [-0.15, -0.1) is 11.8 Å². The fourth-order valence-corrected chi connectivity index (χ4v) is 3.65. The first kappa shape index (κ1) is 19.9. The van der Waals surface area contributed by atoms with Crippen LogP contribution in [0.1, 0.15) is 32.6 Å². The molecule has 0 atom stereocenters. The van der Waals surface area contributed by atoms with Crippen molar-refractivity contribution in [2.24, 2.45) is 0 Å². The van der Waals surface area contributed by atoms with E-state index in [4.69, 9.17) is 16.3 Å². The summed E-state index contributed by atoms with van der Waals surface area (Å²) in [5.74, 6) is 0.988. The molecule has 7 heteroatoms. The number of hydrogen-bond donors (Lipinski definition) is 1. The lowest BCUT2D eigenvalue weighted by atomic mass is 10.1. The highest BCUT2D eigenvalue weighted by molar-refractivity contribution is 7.99. The summed E-state index contributed by atoms with van der Waals surface area (Å²) in [6.07, 6.45) is 2.67. The molecule has 1 aromatic rings. The van der Waals surface area contributed by atoms with E-state index in [-0.39, 0.29) is 18.0 Å². The van der Waals surface area contributed by atoms with Crippen LogP contribution in [-0.4, -0.2) is 48.4 Å². The van der Waals surface area contributed by atoms with Gasteiger partial charge < -0.3 is 15.0 Å². The van der Waals surface area contributed by atoms with Crippen LogP contribution in [0.3, 0.4) is 0 Å². The van der Waals surface area contributed by atoms with Crippen molar-refractivity contribution in [2.75, 3.05) is 25.4 Å². The highest BCUT2D eigenvalue weighted by Gasteiger charge is 2.24. The van der Waals surface area contributed by atoms with Gasteiger partial charge in [-0.1, -0.05) is 11.6 Å². The van der Waals surface area contributed by atoms with Gasteiger partial charge in [0, 0.05) is 35.5 Å². The fraction of sp³-hybridized carbons (Fsp3) is 0.556. The van der Waals surface area contributed by atoms with Crippen LogP contribution in [0.25, 0.3) is 0 Å². The molecule has 0 bridgehead atoms. The Morgan fingerprint density at radius 1 is 1.28 bits per heavy atom. The molecule has 1 saturated heterocycles. The van der Waals surface area contributed by atoms with Crippen molar-refractivity contribution in [3.05, 3.63) is 29.3 Å². The first-order chi connectivity index (χ1) is 12.1. The molecule has 0 unspecified atom stereocenters. The maximum atomic E-state index is 12.0. The number of halogens is 1. The molecule has 0 radical (unpaired) electrons. The number of carbonyl (C=O) groups excluding carboxylic acids is 2. The number of nitrogens with one attached hydrogen (secondary N) is 1. The van der Waals surface area contributed by atoms with Crippen LogP contribution in [-0.2, 0) is 9.53 Å². The Hall–Kier alpha value is -1.40. The predicted octanol–water partition coefficient (Wildman–Crippen LogP) is 3.95. The highest BCUT2D eigenvalue weighted by Crippen LogP contribution is 2.21. The van der Waals surface area contributed by atoms with Gasteiger partial charge >= 0.3 is 6.09 Å². The molecule has 0 saturated carbocycles. The Kier molecular flexibility index (Phi) is 8.41. The van der Waals surface area contributed by atoms with Crippen LogP contribution in [0.2, 0.25) is 5.02 Å². The van der Waals surface area contributed by atoms with Crippen molar-refractivity contribution in [2.45, 2.75) is 43.5 Å². The van der Waals surface area contributed by atoms with Gasteiger partial charge in [-0.25, -0.2) is 4.79 Å². The molecule has 1 N–H and O–H groups in total. The lowest BCUT2D eigenvalue weighted by Crippen LogP contribution is -2.46. The minimum absolute atomic E-state index is 0.0892. The number of nitrogens with zero attached hydrogens (tertiary/aromatic N) is 1.